The average Bonchev–Trinajstić information content (AvgIpc) is 2.58. The number of fused-ring (bicyclic) bond motifs is 1. The van der Waals surface area contributed by atoms with Gasteiger partial charge in [-0.05, 0) is 58.0 Å². The Morgan fingerprint density at radius 1 is 1.21 bits per heavy atom. The Bertz CT molecular complexity index is 746. The highest BCUT2D eigenvalue weighted by Crippen LogP contribution is 2.24. The van der Waals surface area contributed by atoms with Crippen LogP contribution in [0.5, 0.6) is 0 Å². The maximum atomic E-state index is 12.8. The Balaban J connectivity index is 1.77. The van der Waals surface area contributed by atoms with Gasteiger partial charge < -0.3 is 9.80 Å². The monoisotopic (exact) mass is 325 g/mol. The lowest BCUT2D eigenvalue weighted by Gasteiger charge is -2.35. The molecule has 2 aromatic rings. The summed E-state index contributed by atoms with van der Waals surface area (Å²) in [7, 11) is 4.24. The van der Waals surface area contributed by atoms with Crippen LogP contribution in [-0.4, -0.2) is 53.9 Å². The molecule has 1 fully saturated rings. The fraction of sp³-hybridized carbons (Fsp3) is 0.500. The van der Waals surface area contributed by atoms with Crippen molar-refractivity contribution in [3.8, 4) is 0 Å². The summed E-state index contributed by atoms with van der Waals surface area (Å²) in [6.07, 6.45) is 2.58. The van der Waals surface area contributed by atoms with E-state index in [1.165, 1.54) is 5.56 Å². The Kier molecular flexibility index (Phi) is 4.86. The molecule has 1 aromatic heterocycles. The van der Waals surface area contributed by atoms with Crippen LogP contribution in [0.25, 0.3) is 10.9 Å². The molecule has 3 rings (SSSR count). The number of carbonyl (C=O) groups is 1. The van der Waals surface area contributed by atoms with Gasteiger partial charge in [0, 0.05) is 30.2 Å². The number of pyridine rings is 1. The van der Waals surface area contributed by atoms with E-state index in [0.29, 0.717) is 12.5 Å². The summed E-state index contributed by atoms with van der Waals surface area (Å²) in [6, 6.07) is 8.76. The first-order valence-corrected chi connectivity index (χ1v) is 8.76. The van der Waals surface area contributed by atoms with Crippen molar-refractivity contribution in [2.75, 3.05) is 27.2 Å². The second-order valence-electron chi connectivity index (χ2n) is 7.07. The summed E-state index contributed by atoms with van der Waals surface area (Å²) in [5.41, 5.74) is 4.27. The number of benzene rings is 1. The van der Waals surface area contributed by atoms with Crippen molar-refractivity contribution < 1.29 is 4.79 Å². The third-order valence-electron chi connectivity index (χ3n) is 5.36. The minimum absolute atomic E-state index is 0.232. The largest absolute Gasteiger partial charge is 0.342 e. The molecule has 0 bridgehead atoms. The fourth-order valence-corrected chi connectivity index (χ4v) is 3.73. The summed E-state index contributed by atoms with van der Waals surface area (Å²) in [5.74, 6) is 0.232. The average molecular weight is 325 g/mol. The van der Waals surface area contributed by atoms with Gasteiger partial charge >= 0.3 is 0 Å². The predicted octanol–water partition coefficient (Wildman–Crippen LogP) is 2.95. The lowest BCUT2D eigenvalue weighted by atomic mass is 9.98. The van der Waals surface area contributed by atoms with Crippen LogP contribution >= 0.6 is 0 Å². The maximum Gasteiger partial charge on any atom is 0.227 e. The molecule has 0 aliphatic carbocycles. The molecule has 1 saturated heterocycles. The molecule has 1 amide bonds. The number of nitrogens with zero attached hydrogens (tertiary/aromatic N) is 3. The van der Waals surface area contributed by atoms with E-state index in [1.54, 1.807) is 0 Å². The number of amides is 1. The van der Waals surface area contributed by atoms with Crippen LogP contribution in [0.3, 0.4) is 0 Å². The summed E-state index contributed by atoms with van der Waals surface area (Å²) >= 11 is 0. The van der Waals surface area contributed by atoms with E-state index >= 15 is 0 Å². The van der Waals surface area contributed by atoms with E-state index in [9.17, 15) is 4.79 Å². The molecule has 2 heterocycles. The van der Waals surface area contributed by atoms with Gasteiger partial charge in [0.2, 0.25) is 5.91 Å². The normalized spacial score (nSPS) is 16.1. The molecule has 1 aliphatic rings. The highest BCUT2D eigenvalue weighted by atomic mass is 16.2. The topological polar surface area (TPSA) is 36.4 Å². The van der Waals surface area contributed by atoms with Gasteiger partial charge in [-0.3, -0.25) is 9.78 Å². The zero-order valence-electron chi connectivity index (χ0n) is 15.2. The molecule has 0 unspecified atom stereocenters. The molecule has 4 heteroatoms. The molecule has 4 nitrogen and oxygen atoms in total. The minimum Gasteiger partial charge on any atom is -0.342 e. The molecule has 0 radical (unpaired) electrons. The van der Waals surface area contributed by atoms with Gasteiger partial charge in [0.25, 0.3) is 0 Å². The lowest BCUT2D eigenvalue weighted by molar-refractivity contribution is -0.131. The molecule has 0 atom stereocenters. The summed E-state index contributed by atoms with van der Waals surface area (Å²) < 4.78 is 0. The van der Waals surface area contributed by atoms with E-state index in [0.717, 1.165) is 48.1 Å². The predicted molar refractivity (Wildman–Crippen MR) is 98.2 cm³/mol. The first-order valence-electron chi connectivity index (χ1n) is 8.76. The van der Waals surface area contributed by atoms with Gasteiger partial charge in [-0.25, -0.2) is 0 Å². The van der Waals surface area contributed by atoms with Crippen LogP contribution < -0.4 is 0 Å². The number of para-hydroxylation sites is 1. The number of hydrogen-bond donors (Lipinski definition) is 0. The Hall–Kier alpha value is -1.94. The molecular weight excluding hydrogens is 298 g/mol. The van der Waals surface area contributed by atoms with E-state index in [1.807, 2.05) is 30.0 Å². The second-order valence-corrected chi connectivity index (χ2v) is 7.07. The minimum atomic E-state index is 0.232. The Labute approximate surface area is 144 Å². The van der Waals surface area contributed by atoms with Crippen molar-refractivity contribution in [3.05, 3.63) is 41.1 Å². The first kappa shape index (κ1) is 16.9. The van der Waals surface area contributed by atoms with Crippen molar-refractivity contribution in [2.45, 2.75) is 39.2 Å². The van der Waals surface area contributed by atoms with Gasteiger partial charge in [-0.15, -0.1) is 0 Å². The fourth-order valence-electron chi connectivity index (χ4n) is 3.73. The number of carbonyl (C=O) groups excluding carboxylic acids is 1. The maximum absolute atomic E-state index is 12.8. The van der Waals surface area contributed by atoms with Crippen molar-refractivity contribution in [1.29, 1.82) is 0 Å². The number of piperidine rings is 1. The van der Waals surface area contributed by atoms with Gasteiger partial charge in [0.15, 0.2) is 0 Å². The number of aryl methyl sites for hydroxylation is 2. The standard InChI is InChI=1S/C20H27N3O/c1-14-17-7-5-6-8-19(17)21-15(2)18(14)13-20(24)23-11-9-16(10-12-23)22(3)4/h5-8,16H,9-13H2,1-4H3. The van der Waals surface area contributed by atoms with Crippen molar-refractivity contribution in [1.82, 2.24) is 14.8 Å². The third kappa shape index (κ3) is 3.29. The van der Waals surface area contributed by atoms with Crippen molar-refractivity contribution in [3.63, 3.8) is 0 Å². The van der Waals surface area contributed by atoms with Gasteiger partial charge in [-0.1, -0.05) is 18.2 Å². The molecular formula is C20H27N3O. The smallest absolute Gasteiger partial charge is 0.227 e. The summed E-state index contributed by atoms with van der Waals surface area (Å²) in [5, 5.41) is 1.15. The Morgan fingerprint density at radius 3 is 2.54 bits per heavy atom. The number of likely N-dealkylation sites (tertiary alicyclic amines) is 1. The van der Waals surface area contributed by atoms with Gasteiger partial charge in [-0.2, -0.15) is 0 Å². The van der Waals surface area contributed by atoms with Crippen LogP contribution in [-0.2, 0) is 11.2 Å². The van der Waals surface area contributed by atoms with Crippen LogP contribution in [0.4, 0.5) is 0 Å². The zero-order chi connectivity index (χ0) is 17.3. The van der Waals surface area contributed by atoms with Gasteiger partial charge in [0.05, 0.1) is 11.9 Å². The zero-order valence-corrected chi connectivity index (χ0v) is 15.2. The molecule has 0 spiro atoms. The highest BCUT2D eigenvalue weighted by molar-refractivity contribution is 5.86. The molecule has 0 saturated carbocycles. The quantitative estimate of drug-likeness (QED) is 0.870. The van der Waals surface area contributed by atoms with Crippen molar-refractivity contribution in [2.24, 2.45) is 0 Å². The number of aromatic nitrogens is 1. The SMILES string of the molecule is Cc1nc2ccccc2c(C)c1CC(=O)N1CCC(N(C)C)CC1. The van der Waals surface area contributed by atoms with Crippen LogP contribution in [0, 0.1) is 13.8 Å². The molecule has 1 aliphatic heterocycles. The summed E-state index contributed by atoms with van der Waals surface area (Å²) in [4.78, 5) is 21.8. The van der Waals surface area contributed by atoms with Crippen LogP contribution in [0.1, 0.15) is 29.7 Å². The first-order chi connectivity index (χ1) is 11.5. The van der Waals surface area contributed by atoms with E-state index < -0.39 is 0 Å². The van der Waals surface area contributed by atoms with E-state index in [-0.39, 0.29) is 5.91 Å². The number of rotatable bonds is 3. The molecule has 24 heavy (non-hydrogen) atoms. The van der Waals surface area contributed by atoms with Crippen LogP contribution in [0.2, 0.25) is 0 Å². The molecule has 0 N–H and O–H groups in total. The summed E-state index contributed by atoms with van der Waals surface area (Å²) in [6.45, 7) is 5.85. The molecule has 1 aromatic carbocycles. The van der Waals surface area contributed by atoms with Gasteiger partial charge in [0.1, 0.15) is 0 Å². The highest BCUT2D eigenvalue weighted by Gasteiger charge is 2.24. The lowest BCUT2D eigenvalue weighted by Crippen LogP contribution is -2.45. The second kappa shape index (κ2) is 6.89. The number of hydrogen-bond acceptors (Lipinski definition) is 3. The van der Waals surface area contributed by atoms with E-state index in [2.05, 4.69) is 32.0 Å². The van der Waals surface area contributed by atoms with E-state index in [4.69, 9.17) is 4.98 Å². The van der Waals surface area contributed by atoms with Crippen molar-refractivity contribution >= 4 is 16.8 Å². The molecule has 128 valence electrons. The Morgan fingerprint density at radius 2 is 1.88 bits per heavy atom. The third-order valence-corrected chi connectivity index (χ3v) is 5.36. The van der Waals surface area contributed by atoms with Crippen LogP contribution in [0.15, 0.2) is 24.3 Å².